The summed E-state index contributed by atoms with van der Waals surface area (Å²) in [6, 6.07) is 8.68. The zero-order valence-electron chi connectivity index (χ0n) is 10.5. The molecule has 2 aromatic carbocycles. The van der Waals surface area contributed by atoms with Gasteiger partial charge >= 0.3 is 0 Å². The Labute approximate surface area is 138 Å². The van der Waals surface area contributed by atoms with Crippen molar-refractivity contribution in [2.24, 2.45) is 0 Å². The fraction of sp³-hybridized carbons (Fsp3) is 0. The minimum Gasteiger partial charge on any atom is -0.321 e. The molecule has 7 heteroatoms. The van der Waals surface area contributed by atoms with Crippen molar-refractivity contribution in [1.29, 1.82) is 0 Å². The Morgan fingerprint density at radius 1 is 1.19 bits per heavy atom. The van der Waals surface area contributed by atoms with Crippen LogP contribution in [0.2, 0.25) is 10.0 Å². The van der Waals surface area contributed by atoms with Crippen LogP contribution in [0.25, 0.3) is 10.9 Å². The Kier molecular flexibility index (Phi) is 3.89. The van der Waals surface area contributed by atoms with Crippen molar-refractivity contribution in [3.05, 3.63) is 56.6 Å². The summed E-state index contributed by atoms with van der Waals surface area (Å²) >= 11 is 15.4. The highest BCUT2D eigenvalue weighted by Crippen LogP contribution is 2.36. The lowest BCUT2D eigenvalue weighted by Gasteiger charge is -2.09. The molecule has 106 valence electrons. The lowest BCUT2D eigenvalue weighted by atomic mass is 10.1. The minimum absolute atomic E-state index is 0.271. The number of nitrogens with one attached hydrogen (secondary N) is 2. The molecule has 2 N–H and O–H groups in total. The fourth-order valence-corrected chi connectivity index (χ4v) is 2.72. The molecule has 0 aliphatic rings. The zero-order chi connectivity index (χ0) is 15.0. The third kappa shape index (κ3) is 2.77. The number of carbonyl (C=O) groups excluding carboxylic acids is 1. The number of benzene rings is 2. The van der Waals surface area contributed by atoms with E-state index in [4.69, 9.17) is 23.2 Å². The number of carbonyl (C=O) groups is 1. The van der Waals surface area contributed by atoms with E-state index in [0.29, 0.717) is 25.8 Å². The first kappa shape index (κ1) is 14.4. The van der Waals surface area contributed by atoms with Gasteiger partial charge in [0.05, 0.1) is 27.4 Å². The van der Waals surface area contributed by atoms with Crippen molar-refractivity contribution < 1.29 is 4.79 Å². The van der Waals surface area contributed by atoms with Crippen molar-refractivity contribution >= 4 is 61.6 Å². The van der Waals surface area contributed by atoms with Crippen molar-refractivity contribution in [3.63, 3.8) is 0 Å². The van der Waals surface area contributed by atoms with Crippen LogP contribution in [-0.2, 0) is 0 Å². The molecule has 0 unspecified atom stereocenters. The first-order valence-electron chi connectivity index (χ1n) is 5.94. The van der Waals surface area contributed by atoms with Gasteiger partial charge in [0, 0.05) is 15.4 Å². The largest absolute Gasteiger partial charge is 0.321 e. The lowest BCUT2D eigenvalue weighted by Crippen LogP contribution is -2.12. The summed E-state index contributed by atoms with van der Waals surface area (Å²) < 4.78 is 0.672. The van der Waals surface area contributed by atoms with Crippen molar-refractivity contribution in [1.82, 2.24) is 10.2 Å². The Morgan fingerprint density at radius 2 is 2.00 bits per heavy atom. The predicted molar refractivity (Wildman–Crippen MR) is 88.2 cm³/mol. The van der Waals surface area contributed by atoms with Crippen molar-refractivity contribution in [2.75, 3.05) is 5.32 Å². The van der Waals surface area contributed by atoms with Crippen LogP contribution in [0.1, 0.15) is 10.4 Å². The number of H-pyrrole nitrogens is 1. The van der Waals surface area contributed by atoms with Gasteiger partial charge in [0.2, 0.25) is 0 Å². The van der Waals surface area contributed by atoms with Gasteiger partial charge in [-0.2, -0.15) is 5.10 Å². The van der Waals surface area contributed by atoms with E-state index >= 15 is 0 Å². The first-order valence-corrected chi connectivity index (χ1v) is 7.49. The normalized spacial score (nSPS) is 10.8. The minimum atomic E-state index is -0.271. The van der Waals surface area contributed by atoms with Crippen LogP contribution in [0, 0.1) is 0 Å². The van der Waals surface area contributed by atoms with E-state index in [-0.39, 0.29) is 5.91 Å². The molecule has 0 fully saturated rings. The van der Waals surface area contributed by atoms with Crippen molar-refractivity contribution in [2.45, 2.75) is 0 Å². The summed E-state index contributed by atoms with van der Waals surface area (Å²) in [7, 11) is 0. The van der Waals surface area contributed by atoms with Gasteiger partial charge in [-0.25, -0.2) is 0 Å². The SMILES string of the molecule is O=C(Nc1ccc(Br)c(Cl)c1Cl)c1ccc2cn[nH]c2c1. The van der Waals surface area contributed by atoms with Crippen LogP contribution < -0.4 is 5.32 Å². The molecule has 0 spiro atoms. The average Bonchev–Trinajstić information content (AvgIpc) is 2.95. The summed E-state index contributed by atoms with van der Waals surface area (Å²) in [6.45, 7) is 0. The third-order valence-electron chi connectivity index (χ3n) is 2.99. The van der Waals surface area contributed by atoms with E-state index in [0.717, 1.165) is 10.9 Å². The molecule has 4 nitrogen and oxygen atoms in total. The number of amides is 1. The lowest BCUT2D eigenvalue weighted by molar-refractivity contribution is 0.102. The molecule has 0 bridgehead atoms. The maximum Gasteiger partial charge on any atom is 0.255 e. The van der Waals surface area contributed by atoms with E-state index < -0.39 is 0 Å². The van der Waals surface area contributed by atoms with Crippen LogP contribution >= 0.6 is 39.1 Å². The maximum absolute atomic E-state index is 12.3. The van der Waals surface area contributed by atoms with Crippen LogP contribution in [0.3, 0.4) is 0 Å². The van der Waals surface area contributed by atoms with Gasteiger partial charge < -0.3 is 5.32 Å². The monoisotopic (exact) mass is 383 g/mol. The molecule has 0 aliphatic carbocycles. The van der Waals surface area contributed by atoms with Gasteiger partial charge in [-0.05, 0) is 40.2 Å². The number of hydrogen-bond donors (Lipinski definition) is 2. The Bertz CT molecular complexity index is 847. The number of nitrogens with zero attached hydrogens (tertiary/aromatic N) is 1. The molecule has 3 rings (SSSR count). The Hall–Kier alpha value is -1.56. The second-order valence-corrected chi connectivity index (χ2v) is 5.96. The molecule has 1 heterocycles. The predicted octanol–water partition coefficient (Wildman–Crippen LogP) is 4.88. The van der Waals surface area contributed by atoms with E-state index in [9.17, 15) is 4.79 Å². The molecule has 0 aliphatic heterocycles. The number of rotatable bonds is 2. The highest BCUT2D eigenvalue weighted by Gasteiger charge is 2.13. The molecule has 21 heavy (non-hydrogen) atoms. The summed E-state index contributed by atoms with van der Waals surface area (Å²) in [5, 5.41) is 11.1. The molecule has 1 aromatic heterocycles. The smallest absolute Gasteiger partial charge is 0.255 e. The summed E-state index contributed by atoms with van der Waals surface area (Å²) in [5.74, 6) is -0.271. The van der Waals surface area contributed by atoms with E-state index in [1.807, 2.05) is 6.07 Å². The number of hydrogen-bond acceptors (Lipinski definition) is 2. The third-order valence-corrected chi connectivity index (χ3v) is 4.76. The number of aromatic amines is 1. The van der Waals surface area contributed by atoms with Crippen LogP contribution in [0.5, 0.6) is 0 Å². The Balaban J connectivity index is 1.91. The topological polar surface area (TPSA) is 57.8 Å². The second-order valence-electron chi connectivity index (χ2n) is 4.35. The van der Waals surface area contributed by atoms with E-state index in [1.165, 1.54) is 0 Å². The molecular formula is C14H8BrCl2N3O. The molecule has 0 saturated heterocycles. The zero-order valence-corrected chi connectivity index (χ0v) is 13.6. The number of halogens is 3. The fourth-order valence-electron chi connectivity index (χ4n) is 1.90. The number of aromatic nitrogens is 2. The highest BCUT2D eigenvalue weighted by atomic mass is 79.9. The van der Waals surface area contributed by atoms with Crippen molar-refractivity contribution in [3.8, 4) is 0 Å². The van der Waals surface area contributed by atoms with Gasteiger partial charge in [-0.15, -0.1) is 0 Å². The van der Waals surface area contributed by atoms with Crippen LogP contribution in [-0.4, -0.2) is 16.1 Å². The highest BCUT2D eigenvalue weighted by molar-refractivity contribution is 9.10. The van der Waals surface area contributed by atoms with Gasteiger partial charge in [-0.1, -0.05) is 29.3 Å². The second kappa shape index (κ2) is 5.67. The molecular weight excluding hydrogens is 377 g/mol. The summed E-state index contributed by atoms with van der Waals surface area (Å²) in [6.07, 6.45) is 1.70. The molecule has 3 aromatic rings. The molecule has 0 atom stereocenters. The molecule has 1 amide bonds. The van der Waals surface area contributed by atoms with Gasteiger partial charge in [-0.3, -0.25) is 9.89 Å². The van der Waals surface area contributed by atoms with Crippen LogP contribution in [0.15, 0.2) is 41.0 Å². The van der Waals surface area contributed by atoms with Gasteiger partial charge in [0.25, 0.3) is 5.91 Å². The van der Waals surface area contributed by atoms with E-state index in [1.54, 1.807) is 30.5 Å². The quantitative estimate of drug-likeness (QED) is 0.618. The maximum atomic E-state index is 12.3. The van der Waals surface area contributed by atoms with Crippen LogP contribution in [0.4, 0.5) is 5.69 Å². The van der Waals surface area contributed by atoms with E-state index in [2.05, 4.69) is 31.4 Å². The molecule has 0 radical (unpaired) electrons. The standard InChI is InChI=1S/C14H8BrCl2N3O/c15-9-3-4-10(13(17)12(9)16)19-14(21)7-1-2-8-6-18-20-11(8)5-7/h1-6H,(H,18,20)(H,19,21). The van der Waals surface area contributed by atoms with Gasteiger partial charge in [0.15, 0.2) is 0 Å². The Morgan fingerprint density at radius 3 is 2.81 bits per heavy atom. The summed E-state index contributed by atoms with van der Waals surface area (Å²) in [5.41, 5.74) is 1.75. The number of fused-ring (bicyclic) bond motifs is 1. The number of anilines is 1. The summed E-state index contributed by atoms with van der Waals surface area (Å²) in [4.78, 5) is 12.3. The molecule has 0 saturated carbocycles. The first-order chi connectivity index (χ1) is 10.1. The average molecular weight is 385 g/mol. The van der Waals surface area contributed by atoms with Gasteiger partial charge in [0.1, 0.15) is 0 Å².